The molecule has 8 nitrogen and oxygen atoms in total. The van der Waals surface area contributed by atoms with Crippen LogP contribution in [0.25, 0.3) is 0 Å². The molecule has 1 rings (SSSR count). The average Bonchev–Trinajstić information content (AvgIpc) is 2.73. The molecule has 1 atom stereocenters. The van der Waals surface area contributed by atoms with Gasteiger partial charge in [-0.1, -0.05) is 13.8 Å². The molecule has 3 N–H and O–H groups in total. The Morgan fingerprint density at radius 3 is 2.67 bits per heavy atom. The molecule has 0 amide bonds. The summed E-state index contributed by atoms with van der Waals surface area (Å²) in [5.74, 6) is -0.891. The van der Waals surface area contributed by atoms with E-state index in [4.69, 9.17) is 5.11 Å². The Morgan fingerprint density at radius 1 is 1.52 bits per heavy atom. The molecule has 21 heavy (non-hydrogen) atoms. The Morgan fingerprint density at radius 2 is 2.14 bits per heavy atom. The zero-order valence-electron chi connectivity index (χ0n) is 12.3. The van der Waals surface area contributed by atoms with Crippen molar-refractivity contribution in [2.75, 3.05) is 6.54 Å². The summed E-state index contributed by atoms with van der Waals surface area (Å²) in [5.41, 5.74) is -1.15. The van der Waals surface area contributed by atoms with Crippen molar-refractivity contribution < 1.29 is 23.4 Å². The molecule has 0 fully saturated rings. The fourth-order valence-corrected chi connectivity index (χ4v) is 3.11. The first-order valence-corrected chi connectivity index (χ1v) is 7.96. The molecule has 1 heterocycles. The molecular formula is C12H21N3O5S. The minimum atomic E-state index is -3.83. The number of aliphatic hydroxyl groups is 1. The third-order valence-corrected chi connectivity index (χ3v) is 4.06. The van der Waals surface area contributed by atoms with E-state index in [9.17, 15) is 18.3 Å². The van der Waals surface area contributed by atoms with Gasteiger partial charge >= 0.3 is 5.97 Å². The lowest BCUT2D eigenvalue weighted by Gasteiger charge is -2.25. The SMILES string of the molecule is CC(C)CC(C)(O)CNS(=O)(=O)c1cnn(CC(=O)O)c1. The molecule has 1 unspecified atom stereocenters. The summed E-state index contributed by atoms with van der Waals surface area (Å²) in [6, 6.07) is 0. The second-order valence-corrected chi connectivity index (χ2v) is 7.45. The van der Waals surface area contributed by atoms with Gasteiger partial charge in [0.2, 0.25) is 10.0 Å². The van der Waals surface area contributed by atoms with E-state index < -0.39 is 28.1 Å². The van der Waals surface area contributed by atoms with Crippen molar-refractivity contribution in [3.63, 3.8) is 0 Å². The summed E-state index contributed by atoms with van der Waals surface area (Å²) in [6.07, 6.45) is 2.66. The van der Waals surface area contributed by atoms with E-state index in [1.807, 2.05) is 13.8 Å². The maximum absolute atomic E-state index is 12.0. The van der Waals surface area contributed by atoms with Gasteiger partial charge in [-0.25, -0.2) is 13.1 Å². The maximum atomic E-state index is 12.0. The lowest BCUT2D eigenvalue weighted by molar-refractivity contribution is -0.137. The number of aliphatic carboxylic acids is 1. The van der Waals surface area contributed by atoms with Crippen molar-refractivity contribution in [2.45, 2.75) is 44.2 Å². The van der Waals surface area contributed by atoms with Crippen molar-refractivity contribution in [1.29, 1.82) is 0 Å². The van der Waals surface area contributed by atoms with Crippen molar-refractivity contribution in [1.82, 2.24) is 14.5 Å². The van der Waals surface area contributed by atoms with Gasteiger partial charge in [0, 0.05) is 12.7 Å². The lowest BCUT2D eigenvalue weighted by atomic mass is 9.95. The van der Waals surface area contributed by atoms with Crippen molar-refractivity contribution in [2.24, 2.45) is 5.92 Å². The van der Waals surface area contributed by atoms with Gasteiger partial charge in [0.05, 0.1) is 11.8 Å². The molecule has 1 aromatic rings. The normalized spacial score (nSPS) is 15.1. The van der Waals surface area contributed by atoms with Crippen LogP contribution in [-0.4, -0.2) is 46.5 Å². The van der Waals surface area contributed by atoms with Crippen LogP contribution >= 0.6 is 0 Å². The highest BCUT2D eigenvalue weighted by Gasteiger charge is 2.26. The molecular weight excluding hydrogens is 298 g/mol. The minimum Gasteiger partial charge on any atom is -0.480 e. The highest BCUT2D eigenvalue weighted by Crippen LogP contribution is 2.16. The number of carboxylic acids is 1. The number of carboxylic acid groups (broad SMARTS) is 1. The second kappa shape index (κ2) is 6.54. The molecule has 9 heteroatoms. The van der Waals surface area contributed by atoms with E-state index in [-0.39, 0.29) is 17.4 Å². The molecule has 0 aromatic carbocycles. The Kier molecular flexibility index (Phi) is 5.48. The van der Waals surface area contributed by atoms with Gasteiger partial charge in [0.15, 0.2) is 0 Å². The quantitative estimate of drug-likeness (QED) is 0.622. The first-order valence-electron chi connectivity index (χ1n) is 6.48. The second-order valence-electron chi connectivity index (χ2n) is 5.69. The van der Waals surface area contributed by atoms with Gasteiger partial charge in [0.25, 0.3) is 0 Å². The van der Waals surface area contributed by atoms with E-state index in [0.717, 1.165) is 17.1 Å². The molecule has 0 radical (unpaired) electrons. The fraction of sp³-hybridized carbons (Fsp3) is 0.667. The summed E-state index contributed by atoms with van der Waals surface area (Å²) in [4.78, 5) is 10.4. The number of nitrogens with one attached hydrogen (secondary N) is 1. The Balaban J connectivity index is 2.73. The molecule has 0 spiro atoms. The Bertz CT molecular complexity index is 592. The molecule has 1 aromatic heterocycles. The minimum absolute atomic E-state index is 0.127. The standard InChI is InChI=1S/C12H21N3O5S/c1-9(2)4-12(3,18)8-14-21(19,20)10-5-13-15(6-10)7-11(16)17/h5-6,9,14,18H,4,7-8H2,1-3H3,(H,16,17). The smallest absolute Gasteiger partial charge is 0.325 e. The van der Waals surface area contributed by atoms with Gasteiger partial charge in [-0.15, -0.1) is 0 Å². The van der Waals surface area contributed by atoms with Crippen LogP contribution in [0.15, 0.2) is 17.3 Å². The largest absolute Gasteiger partial charge is 0.480 e. The van der Waals surface area contributed by atoms with E-state index in [0.29, 0.717) is 6.42 Å². The molecule has 0 aliphatic heterocycles. The third-order valence-electron chi connectivity index (χ3n) is 2.71. The van der Waals surface area contributed by atoms with Gasteiger partial charge < -0.3 is 10.2 Å². The van der Waals surface area contributed by atoms with Crippen molar-refractivity contribution in [3.8, 4) is 0 Å². The first-order chi connectivity index (χ1) is 9.52. The van der Waals surface area contributed by atoms with Crippen LogP contribution in [0, 0.1) is 5.92 Å². The molecule has 0 aliphatic rings. The van der Waals surface area contributed by atoms with Crippen LogP contribution in [0.3, 0.4) is 0 Å². The van der Waals surface area contributed by atoms with Crippen LogP contribution in [0.5, 0.6) is 0 Å². The van der Waals surface area contributed by atoms with Crippen LogP contribution in [-0.2, 0) is 21.4 Å². The van der Waals surface area contributed by atoms with E-state index in [1.165, 1.54) is 0 Å². The number of hydrogen-bond donors (Lipinski definition) is 3. The van der Waals surface area contributed by atoms with Crippen molar-refractivity contribution >= 4 is 16.0 Å². The molecule has 120 valence electrons. The number of aromatic nitrogens is 2. The predicted molar refractivity (Wildman–Crippen MR) is 75.1 cm³/mol. The summed E-state index contributed by atoms with van der Waals surface area (Å²) in [5, 5.41) is 22.4. The number of nitrogens with zero attached hydrogens (tertiary/aromatic N) is 2. The highest BCUT2D eigenvalue weighted by atomic mass is 32.2. The highest BCUT2D eigenvalue weighted by molar-refractivity contribution is 7.89. The number of hydrogen-bond acceptors (Lipinski definition) is 5. The van der Waals surface area contributed by atoms with Gasteiger partial charge in [0.1, 0.15) is 11.4 Å². The predicted octanol–water partition coefficient (Wildman–Crippen LogP) is 0.0431. The summed E-state index contributed by atoms with van der Waals surface area (Å²) < 4.78 is 27.4. The first kappa shape index (κ1) is 17.6. The zero-order chi connectivity index (χ0) is 16.3. The number of rotatable bonds is 8. The van der Waals surface area contributed by atoms with Crippen LogP contribution in [0.2, 0.25) is 0 Å². The van der Waals surface area contributed by atoms with Crippen LogP contribution in [0.4, 0.5) is 0 Å². The van der Waals surface area contributed by atoms with E-state index in [2.05, 4.69) is 9.82 Å². The van der Waals surface area contributed by atoms with E-state index >= 15 is 0 Å². The summed E-state index contributed by atoms with van der Waals surface area (Å²) in [7, 11) is -3.83. The monoisotopic (exact) mass is 319 g/mol. The lowest BCUT2D eigenvalue weighted by Crippen LogP contribution is -2.41. The number of carbonyl (C=O) groups is 1. The van der Waals surface area contributed by atoms with Gasteiger partial charge in [-0.05, 0) is 19.3 Å². The Hall–Kier alpha value is -1.45. The van der Waals surface area contributed by atoms with Crippen LogP contribution < -0.4 is 4.72 Å². The van der Waals surface area contributed by atoms with E-state index in [1.54, 1.807) is 6.92 Å². The molecule has 0 bridgehead atoms. The third kappa shape index (κ3) is 5.82. The fourth-order valence-electron chi connectivity index (χ4n) is 1.99. The molecule has 0 aliphatic carbocycles. The van der Waals surface area contributed by atoms with Gasteiger partial charge in [-0.2, -0.15) is 5.10 Å². The average molecular weight is 319 g/mol. The topological polar surface area (TPSA) is 122 Å². The maximum Gasteiger partial charge on any atom is 0.325 e. The van der Waals surface area contributed by atoms with Crippen molar-refractivity contribution in [3.05, 3.63) is 12.4 Å². The molecule has 0 saturated heterocycles. The van der Waals surface area contributed by atoms with Crippen LogP contribution in [0.1, 0.15) is 27.2 Å². The van der Waals surface area contributed by atoms with Gasteiger partial charge in [-0.3, -0.25) is 9.48 Å². The summed E-state index contributed by atoms with van der Waals surface area (Å²) >= 11 is 0. The Labute approximate surface area is 123 Å². The zero-order valence-corrected chi connectivity index (χ0v) is 13.1. The number of sulfonamides is 1. The molecule has 0 saturated carbocycles. The summed E-state index contributed by atoms with van der Waals surface area (Å²) in [6.45, 7) is 4.87.